The van der Waals surface area contributed by atoms with Gasteiger partial charge in [0.1, 0.15) is 11.5 Å². The molecule has 0 spiro atoms. The Morgan fingerprint density at radius 1 is 1.00 bits per heavy atom. The van der Waals surface area contributed by atoms with Gasteiger partial charge in [0.2, 0.25) is 0 Å². The van der Waals surface area contributed by atoms with Crippen molar-refractivity contribution in [1.29, 1.82) is 0 Å². The van der Waals surface area contributed by atoms with E-state index >= 15 is 0 Å². The zero-order chi connectivity index (χ0) is 22.2. The maximum atomic E-state index is 13.4. The SMILES string of the molecule is COc1ccc(Cn2cnc3c2c(=O)n(CC2CC2)c(=O)n3-c2cccc(OC)c2)cc1. The second-order valence-corrected chi connectivity index (χ2v) is 8.07. The minimum atomic E-state index is -0.377. The first-order valence-electron chi connectivity index (χ1n) is 10.6. The maximum absolute atomic E-state index is 13.4. The van der Waals surface area contributed by atoms with Crippen LogP contribution in [0.2, 0.25) is 0 Å². The Morgan fingerprint density at radius 3 is 2.44 bits per heavy atom. The number of nitrogens with zero attached hydrogens (tertiary/aromatic N) is 4. The fraction of sp³-hybridized carbons (Fsp3) is 0.292. The highest BCUT2D eigenvalue weighted by atomic mass is 16.5. The summed E-state index contributed by atoms with van der Waals surface area (Å²) in [6.45, 7) is 0.876. The number of rotatable bonds is 7. The molecule has 1 aliphatic carbocycles. The number of hydrogen-bond donors (Lipinski definition) is 0. The van der Waals surface area contributed by atoms with Gasteiger partial charge in [-0.15, -0.1) is 0 Å². The zero-order valence-electron chi connectivity index (χ0n) is 18.0. The van der Waals surface area contributed by atoms with E-state index in [1.165, 1.54) is 9.13 Å². The topological polar surface area (TPSA) is 80.3 Å². The normalized spacial score (nSPS) is 13.4. The predicted molar refractivity (Wildman–Crippen MR) is 121 cm³/mol. The van der Waals surface area contributed by atoms with E-state index in [9.17, 15) is 9.59 Å². The van der Waals surface area contributed by atoms with E-state index in [2.05, 4.69) is 4.98 Å². The Bertz CT molecular complexity index is 1390. The van der Waals surface area contributed by atoms with Crippen molar-refractivity contribution >= 4 is 11.2 Å². The quantitative estimate of drug-likeness (QED) is 0.449. The molecule has 0 radical (unpaired) electrons. The van der Waals surface area contributed by atoms with Crippen LogP contribution in [0.1, 0.15) is 18.4 Å². The van der Waals surface area contributed by atoms with Crippen molar-refractivity contribution in [3.05, 3.63) is 81.3 Å². The molecular formula is C24H24N4O4. The van der Waals surface area contributed by atoms with Crippen LogP contribution < -0.4 is 20.7 Å². The highest BCUT2D eigenvalue weighted by Gasteiger charge is 2.26. The predicted octanol–water partition coefficient (Wildman–Crippen LogP) is 2.82. The molecule has 1 aliphatic rings. The van der Waals surface area contributed by atoms with Crippen molar-refractivity contribution in [2.75, 3.05) is 14.2 Å². The van der Waals surface area contributed by atoms with E-state index in [1.807, 2.05) is 42.5 Å². The number of imidazole rings is 1. The molecule has 2 aromatic carbocycles. The zero-order valence-corrected chi connectivity index (χ0v) is 18.0. The molecule has 4 aromatic rings. The molecular weight excluding hydrogens is 408 g/mol. The molecule has 0 N–H and O–H groups in total. The monoisotopic (exact) mass is 432 g/mol. The Kier molecular flexibility index (Phi) is 5.05. The lowest BCUT2D eigenvalue weighted by atomic mass is 10.2. The van der Waals surface area contributed by atoms with Crippen LogP contribution in [0.15, 0.2) is 64.4 Å². The lowest BCUT2D eigenvalue weighted by Crippen LogP contribution is -2.40. The van der Waals surface area contributed by atoms with Crippen molar-refractivity contribution in [3.63, 3.8) is 0 Å². The summed E-state index contributed by atoms with van der Waals surface area (Å²) < 4.78 is 15.2. The lowest BCUT2D eigenvalue weighted by molar-refractivity contribution is 0.414. The number of methoxy groups -OCH3 is 2. The lowest BCUT2D eigenvalue weighted by Gasteiger charge is -2.13. The van der Waals surface area contributed by atoms with E-state index < -0.39 is 0 Å². The van der Waals surface area contributed by atoms with Crippen LogP contribution in [0.3, 0.4) is 0 Å². The number of hydrogen-bond acceptors (Lipinski definition) is 5. The van der Waals surface area contributed by atoms with Crippen molar-refractivity contribution in [1.82, 2.24) is 18.7 Å². The summed E-state index contributed by atoms with van der Waals surface area (Å²) >= 11 is 0. The van der Waals surface area contributed by atoms with Crippen LogP contribution in [0.25, 0.3) is 16.9 Å². The molecule has 1 saturated carbocycles. The third-order valence-electron chi connectivity index (χ3n) is 5.86. The molecule has 0 aliphatic heterocycles. The minimum absolute atomic E-state index is 0.304. The number of aromatic nitrogens is 4. The third kappa shape index (κ3) is 3.57. The fourth-order valence-corrected chi connectivity index (χ4v) is 3.93. The van der Waals surface area contributed by atoms with E-state index in [0.717, 1.165) is 24.2 Å². The third-order valence-corrected chi connectivity index (χ3v) is 5.86. The molecule has 5 rings (SSSR count). The van der Waals surface area contributed by atoms with Crippen molar-refractivity contribution in [2.24, 2.45) is 5.92 Å². The molecule has 8 heteroatoms. The average molecular weight is 432 g/mol. The Balaban J connectivity index is 1.70. The number of ether oxygens (including phenoxy) is 2. The van der Waals surface area contributed by atoms with Crippen LogP contribution in [0.4, 0.5) is 0 Å². The summed E-state index contributed by atoms with van der Waals surface area (Å²) in [5.41, 5.74) is 1.67. The first-order chi connectivity index (χ1) is 15.6. The van der Waals surface area contributed by atoms with Gasteiger partial charge in [-0.2, -0.15) is 0 Å². The van der Waals surface area contributed by atoms with Gasteiger partial charge >= 0.3 is 5.69 Å². The number of fused-ring (bicyclic) bond motifs is 1. The number of benzene rings is 2. The highest BCUT2D eigenvalue weighted by Crippen LogP contribution is 2.30. The van der Waals surface area contributed by atoms with Gasteiger partial charge in [0, 0.05) is 19.2 Å². The van der Waals surface area contributed by atoms with Crippen molar-refractivity contribution in [3.8, 4) is 17.2 Å². The second kappa shape index (κ2) is 8.03. The van der Waals surface area contributed by atoms with Crippen molar-refractivity contribution < 1.29 is 9.47 Å². The second-order valence-electron chi connectivity index (χ2n) is 8.07. The molecule has 0 saturated heterocycles. The highest BCUT2D eigenvalue weighted by molar-refractivity contribution is 5.72. The summed E-state index contributed by atoms with van der Waals surface area (Å²) in [7, 11) is 3.20. The first-order valence-corrected chi connectivity index (χ1v) is 10.6. The maximum Gasteiger partial charge on any atom is 0.337 e. The van der Waals surface area contributed by atoms with Gasteiger partial charge in [-0.05, 0) is 48.6 Å². The summed E-state index contributed by atoms with van der Waals surface area (Å²) in [5, 5.41) is 0. The van der Waals surface area contributed by atoms with Crippen LogP contribution in [0, 0.1) is 5.92 Å². The molecule has 164 valence electrons. The van der Waals surface area contributed by atoms with Gasteiger partial charge < -0.3 is 14.0 Å². The van der Waals surface area contributed by atoms with Crippen LogP contribution in [-0.4, -0.2) is 32.9 Å². The first kappa shape index (κ1) is 20.1. The van der Waals surface area contributed by atoms with Crippen LogP contribution >= 0.6 is 0 Å². The smallest absolute Gasteiger partial charge is 0.337 e. The van der Waals surface area contributed by atoms with Crippen LogP contribution in [0.5, 0.6) is 11.5 Å². The molecule has 0 amide bonds. The Hall–Kier alpha value is -3.81. The molecule has 32 heavy (non-hydrogen) atoms. The summed E-state index contributed by atoms with van der Waals surface area (Å²) in [5.74, 6) is 1.76. The Labute approximate surface area is 184 Å². The van der Waals surface area contributed by atoms with E-state index in [1.54, 1.807) is 31.2 Å². The van der Waals surface area contributed by atoms with Crippen LogP contribution in [-0.2, 0) is 13.1 Å². The van der Waals surface area contributed by atoms with E-state index in [4.69, 9.17) is 9.47 Å². The van der Waals surface area contributed by atoms with Gasteiger partial charge in [0.05, 0.1) is 26.2 Å². The van der Waals surface area contributed by atoms with Gasteiger partial charge in [-0.3, -0.25) is 9.36 Å². The van der Waals surface area contributed by atoms with Gasteiger partial charge in [0.15, 0.2) is 11.2 Å². The van der Waals surface area contributed by atoms with Gasteiger partial charge in [-0.25, -0.2) is 14.3 Å². The molecule has 1 fully saturated rings. The van der Waals surface area contributed by atoms with E-state index in [-0.39, 0.29) is 11.2 Å². The molecule has 8 nitrogen and oxygen atoms in total. The largest absolute Gasteiger partial charge is 0.497 e. The van der Waals surface area contributed by atoms with Gasteiger partial charge in [0.25, 0.3) is 5.56 Å². The minimum Gasteiger partial charge on any atom is -0.497 e. The molecule has 2 aromatic heterocycles. The fourth-order valence-electron chi connectivity index (χ4n) is 3.93. The summed E-state index contributed by atoms with van der Waals surface area (Å²) in [4.78, 5) is 31.3. The Morgan fingerprint density at radius 2 is 1.75 bits per heavy atom. The van der Waals surface area contributed by atoms with Gasteiger partial charge in [-0.1, -0.05) is 18.2 Å². The summed E-state index contributed by atoms with van der Waals surface area (Å²) in [6, 6.07) is 14.9. The standard InChI is InChI=1S/C24H24N4O4/c1-31-19-10-8-16(9-11-19)13-26-15-25-22-21(26)23(29)27(14-17-6-7-17)24(30)28(22)18-4-3-5-20(12-18)32-2/h3-5,8-12,15,17H,6-7,13-14H2,1-2H3. The summed E-state index contributed by atoms with van der Waals surface area (Å²) in [6.07, 6.45) is 3.69. The molecule has 0 bridgehead atoms. The molecule has 2 heterocycles. The van der Waals surface area contributed by atoms with Crippen molar-refractivity contribution in [2.45, 2.75) is 25.9 Å². The van der Waals surface area contributed by atoms with E-state index in [0.29, 0.717) is 41.6 Å². The molecule has 0 unspecified atom stereocenters. The average Bonchev–Trinajstić information content (AvgIpc) is 3.56. The molecule has 0 atom stereocenters.